The first-order chi connectivity index (χ1) is 13.5. The molecule has 0 bridgehead atoms. The molecule has 0 fully saturated rings. The Morgan fingerprint density at radius 2 is 1.54 bits per heavy atom. The van der Waals surface area contributed by atoms with Gasteiger partial charge in [0.2, 0.25) is 0 Å². The lowest BCUT2D eigenvalue weighted by Gasteiger charge is -2.08. The van der Waals surface area contributed by atoms with Gasteiger partial charge in [0.05, 0.1) is 9.85 Å². The van der Waals surface area contributed by atoms with E-state index in [9.17, 15) is 20.2 Å². The first-order valence-electron chi connectivity index (χ1n) is 8.14. The normalized spacial score (nSPS) is 10.6. The summed E-state index contributed by atoms with van der Waals surface area (Å²) in [5.74, 6) is 1.15. The van der Waals surface area contributed by atoms with Gasteiger partial charge in [-0.2, -0.15) is 0 Å². The van der Waals surface area contributed by atoms with Crippen molar-refractivity contribution in [2.75, 3.05) is 0 Å². The number of hydrogen-bond acceptors (Lipinski definition) is 7. The summed E-state index contributed by atoms with van der Waals surface area (Å²) in [6.07, 6.45) is 1.72. The third-order valence-corrected chi connectivity index (χ3v) is 4.92. The van der Waals surface area contributed by atoms with Gasteiger partial charge >= 0.3 is 0 Å². The Morgan fingerprint density at radius 3 is 2.07 bits per heavy atom. The number of rotatable bonds is 8. The summed E-state index contributed by atoms with van der Waals surface area (Å²) in [6, 6.07) is 12.4. The number of thioether (sulfide) groups is 1. The van der Waals surface area contributed by atoms with Crippen LogP contribution in [0.4, 0.5) is 11.4 Å². The molecule has 3 aromatic rings. The fourth-order valence-corrected chi connectivity index (χ4v) is 3.40. The van der Waals surface area contributed by atoms with E-state index in [0.717, 1.165) is 5.56 Å². The third kappa shape index (κ3) is 4.23. The van der Waals surface area contributed by atoms with Crippen molar-refractivity contribution in [3.8, 4) is 11.4 Å². The summed E-state index contributed by atoms with van der Waals surface area (Å²) >= 11 is 1.44. The standard InChI is InChI=1S/C18H15N5O4S/c1-2-11-21-17(14-5-9-16(10-6-14)23(26)27)19-20-18(21)28-12-13-3-7-15(8-4-13)22(24)25/h2-10H,1,11-12H2. The molecule has 9 nitrogen and oxygen atoms in total. The number of nitro groups is 2. The van der Waals surface area contributed by atoms with Crippen LogP contribution in [0.25, 0.3) is 11.4 Å². The zero-order valence-electron chi connectivity index (χ0n) is 14.6. The van der Waals surface area contributed by atoms with Gasteiger partial charge in [0.1, 0.15) is 0 Å². The SMILES string of the molecule is C=CCn1c(SCc2ccc([N+](=O)[O-])cc2)nnc1-c1ccc([N+](=O)[O-])cc1. The summed E-state index contributed by atoms with van der Waals surface area (Å²) < 4.78 is 1.87. The first kappa shape index (κ1) is 19.2. The maximum absolute atomic E-state index is 10.8. The molecular formula is C18H15N5O4S. The van der Waals surface area contributed by atoms with E-state index in [2.05, 4.69) is 16.8 Å². The zero-order chi connectivity index (χ0) is 20.1. The summed E-state index contributed by atoms with van der Waals surface area (Å²) in [4.78, 5) is 20.7. The van der Waals surface area contributed by atoms with Crippen LogP contribution in [0, 0.1) is 20.2 Å². The Kier molecular flexibility index (Phi) is 5.80. The van der Waals surface area contributed by atoms with Crippen molar-refractivity contribution in [1.82, 2.24) is 14.8 Å². The third-order valence-electron chi connectivity index (χ3n) is 3.88. The Balaban J connectivity index is 1.81. The van der Waals surface area contributed by atoms with Gasteiger partial charge in [0.25, 0.3) is 11.4 Å². The molecule has 0 radical (unpaired) electrons. The zero-order valence-corrected chi connectivity index (χ0v) is 15.4. The monoisotopic (exact) mass is 397 g/mol. The quantitative estimate of drug-likeness (QED) is 0.241. The van der Waals surface area contributed by atoms with Crippen LogP contribution in [0.15, 0.2) is 66.3 Å². The minimum atomic E-state index is -0.455. The van der Waals surface area contributed by atoms with E-state index in [0.29, 0.717) is 28.8 Å². The van der Waals surface area contributed by atoms with Crippen molar-refractivity contribution in [3.05, 3.63) is 87.0 Å². The Labute approximate surface area is 164 Å². The highest BCUT2D eigenvalue weighted by molar-refractivity contribution is 7.98. The van der Waals surface area contributed by atoms with Crippen LogP contribution in [0.1, 0.15) is 5.56 Å². The lowest BCUT2D eigenvalue weighted by Crippen LogP contribution is -2.01. The molecule has 0 unspecified atom stereocenters. The van der Waals surface area contributed by atoms with E-state index in [1.165, 1.54) is 36.0 Å². The van der Waals surface area contributed by atoms with E-state index >= 15 is 0 Å². The highest BCUT2D eigenvalue weighted by Gasteiger charge is 2.15. The minimum absolute atomic E-state index is 0.00584. The van der Waals surface area contributed by atoms with Crippen molar-refractivity contribution >= 4 is 23.1 Å². The lowest BCUT2D eigenvalue weighted by atomic mass is 10.2. The first-order valence-corrected chi connectivity index (χ1v) is 9.13. The van der Waals surface area contributed by atoms with Gasteiger partial charge in [0, 0.05) is 42.1 Å². The predicted octanol–water partition coefficient (Wildman–Crippen LogP) is 4.24. The average Bonchev–Trinajstić information content (AvgIpc) is 3.09. The summed E-state index contributed by atoms with van der Waals surface area (Å²) in [6.45, 7) is 4.23. The number of benzene rings is 2. The molecular weight excluding hydrogens is 382 g/mol. The van der Waals surface area contributed by atoms with E-state index < -0.39 is 9.85 Å². The molecule has 1 aromatic heterocycles. The second kappa shape index (κ2) is 8.44. The number of non-ortho nitro benzene ring substituents is 2. The summed E-state index contributed by atoms with van der Waals surface area (Å²) in [5, 5.41) is 30.6. The molecule has 10 heteroatoms. The van der Waals surface area contributed by atoms with Gasteiger partial charge < -0.3 is 0 Å². The second-order valence-electron chi connectivity index (χ2n) is 5.72. The second-order valence-corrected chi connectivity index (χ2v) is 6.66. The molecule has 0 amide bonds. The number of hydrogen-bond donors (Lipinski definition) is 0. The largest absolute Gasteiger partial charge is 0.298 e. The number of allylic oxidation sites excluding steroid dienone is 1. The maximum Gasteiger partial charge on any atom is 0.269 e. The van der Waals surface area contributed by atoms with Crippen molar-refractivity contribution in [1.29, 1.82) is 0 Å². The average molecular weight is 397 g/mol. The van der Waals surface area contributed by atoms with Crippen molar-refractivity contribution in [2.24, 2.45) is 0 Å². The number of nitrogens with zero attached hydrogens (tertiary/aromatic N) is 5. The van der Waals surface area contributed by atoms with Gasteiger partial charge in [-0.05, 0) is 17.7 Å². The van der Waals surface area contributed by atoms with Crippen LogP contribution in [-0.2, 0) is 12.3 Å². The van der Waals surface area contributed by atoms with Crippen LogP contribution >= 0.6 is 11.8 Å². The molecule has 0 aliphatic carbocycles. The molecule has 0 atom stereocenters. The maximum atomic E-state index is 10.8. The van der Waals surface area contributed by atoms with Crippen LogP contribution < -0.4 is 0 Å². The number of nitro benzene ring substituents is 2. The summed E-state index contributed by atoms with van der Waals surface area (Å²) in [7, 11) is 0. The van der Waals surface area contributed by atoms with Crippen molar-refractivity contribution in [2.45, 2.75) is 17.5 Å². The molecule has 0 saturated heterocycles. The molecule has 0 spiro atoms. The Morgan fingerprint density at radius 1 is 0.964 bits per heavy atom. The fourth-order valence-electron chi connectivity index (χ4n) is 2.50. The van der Waals surface area contributed by atoms with E-state index in [-0.39, 0.29) is 11.4 Å². The highest BCUT2D eigenvalue weighted by Crippen LogP contribution is 2.28. The molecule has 1 heterocycles. The molecule has 142 valence electrons. The topological polar surface area (TPSA) is 117 Å². The van der Waals surface area contributed by atoms with Gasteiger partial charge in [0.15, 0.2) is 11.0 Å². The van der Waals surface area contributed by atoms with Gasteiger partial charge in [-0.25, -0.2) is 0 Å². The Hall–Kier alpha value is -3.53. The molecule has 2 aromatic carbocycles. The van der Waals surface area contributed by atoms with Crippen LogP contribution in [0.3, 0.4) is 0 Å². The Bertz CT molecular complexity index is 1020. The smallest absolute Gasteiger partial charge is 0.269 e. The molecule has 0 saturated carbocycles. The molecule has 3 rings (SSSR count). The van der Waals surface area contributed by atoms with Crippen molar-refractivity contribution in [3.63, 3.8) is 0 Å². The minimum Gasteiger partial charge on any atom is -0.298 e. The van der Waals surface area contributed by atoms with Crippen LogP contribution in [0.2, 0.25) is 0 Å². The van der Waals surface area contributed by atoms with E-state index in [1.54, 1.807) is 30.3 Å². The fraction of sp³-hybridized carbons (Fsp3) is 0.111. The number of aromatic nitrogens is 3. The van der Waals surface area contributed by atoms with Gasteiger partial charge in [-0.15, -0.1) is 16.8 Å². The van der Waals surface area contributed by atoms with Gasteiger partial charge in [-0.3, -0.25) is 24.8 Å². The highest BCUT2D eigenvalue weighted by atomic mass is 32.2. The molecule has 0 aliphatic heterocycles. The molecule has 28 heavy (non-hydrogen) atoms. The van der Waals surface area contributed by atoms with Crippen LogP contribution in [-0.4, -0.2) is 24.6 Å². The van der Waals surface area contributed by atoms with E-state index in [1.807, 2.05) is 4.57 Å². The van der Waals surface area contributed by atoms with E-state index in [4.69, 9.17) is 0 Å². The predicted molar refractivity (Wildman–Crippen MR) is 105 cm³/mol. The molecule has 0 N–H and O–H groups in total. The summed E-state index contributed by atoms with van der Waals surface area (Å²) in [5.41, 5.74) is 1.68. The van der Waals surface area contributed by atoms with Crippen molar-refractivity contribution < 1.29 is 9.85 Å². The van der Waals surface area contributed by atoms with Gasteiger partial charge in [-0.1, -0.05) is 30.0 Å². The van der Waals surface area contributed by atoms with Crippen LogP contribution in [0.5, 0.6) is 0 Å². The molecule has 0 aliphatic rings. The lowest BCUT2D eigenvalue weighted by molar-refractivity contribution is -0.385.